The first-order valence-electron chi connectivity index (χ1n) is 5.89. The van der Waals surface area contributed by atoms with E-state index in [-0.39, 0.29) is 6.10 Å². The Morgan fingerprint density at radius 1 is 1.25 bits per heavy atom. The quantitative estimate of drug-likeness (QED) is 0.848. The smallest absolute Gasteiger partial charge is 0.0609 e. The third-order valence-electron chi connectivity index (χ3n) is 3.29. The lowest BCUT2D eigenvalue weighted by molar-refractivity contribution is 0.0891. The monoisotopic (exact) mass is 239 g/mol. The Morgan fingerprint density at radius 2 is 1.88 bits per heavy atom. The van der Waals surface area contributed by atoms with E-state index in [1.165, 1.54) is 0 Å². The average Bonchev–Trinajstić information content (AvgIpc) is 2.33. The van der Waals surface area contributed by atoms with Crippen molar-refractivity contribution in [2.24, 2.45) is 5.92 Å². The van der Waals surface area contributed by atoms with Crippen LogP contribution in [0.2, 0.25) is 5.02 Å². The zero-order valence-electron chi connectivity index (χ0n) is 9.32. The van der Waals surface area contributed by atoms with Crippen molar-refractivity contribution in [2.45, 2.75) is 25.4 Å². The van der Waals surface area contributed by atoms with Crippen LogP contribution in [0.25, 0.3) is 0 Å². The number of hydrogen-bond acceptors (Lipinski definition) is 2. The molecule has 2 rings (SSSR count). The van der Waals surface area contributed by atoms with Crippen LogP contribution in [-0.4, -0.2) is 24.3 Å². The van der Waals surface area contributed by atoms with E-state index in [0.29, 0.717) is 5.92 Å². The predicted molar refractivity (Wildman–Crippen MR) is 66.8 cm³/mol. The van der Waals surface area contributed by atoms with Gasteiger partial charge in [-0.25, -0.2) is 0 Å². The third kappa shape index (κ3) is 3.21. The molecule has 0 radical (unpaired) electrons. The van der Waals surface area contributed by atoms with Gasteiger partial charge in [0.15, 0.2) is 0 Å². The maximum absolute atomic E-state index is 10.1. The highest BCUT2D eigenvalue weighted by Gasteiger charge is 2.21. The van der Waals surface area contributed by atoms with Crippen molar-refractivity contribution < 1.29 is 5.11 Å². The van der Waals surface area contributed by atoms with Gasteiger partial charge >= 0.3 is 0 Å². The molecule has 0 amide bonds. The summed E-state index contributed by atoms with van der Waals surface area (Å²) < 4.78 is 0. The lowest BCUT2D eigenvalue weighted by Gasteiger charge is -2.27. The number of nitrogens with one attached hydrogen (secondary N) is 1. The zero-order valence-corrected chi connectivity index (χ0v) is 10.1. The van der Waals surface area contributed by atoms with Crippen LogP contribution in [0.1, 0.15) is 18.4 Å². The molecule has 1 fully saturated rings. The van der Waals surface area contributed by atoms with E-state index in [0.717, 1.165) is 42.9 Å². The fourth-order valence-electron chi connectivity index (χ4n) is 2.26. The van der Waals surface area contributed by atoms with Gasteiger partial charge in [-0.3, -0.25) is 0 Å². The molecule has 0 aliphatic carbocycles. The number of halogens is 1. The van der Waals surface area contributed by atoms with Crippen LogP contribution in [0.5, 0.6) is 0 Å². The SMILES string of the molecule is O[C@H](Cc1ccc(Cl)cc1)C1CCNCC1. The second kappa shape index (κ2) is 5.67. The summed E-state index contributed by atoms with van der Waals surface area (Å²) in [6.07, 6.45) is 2.68. The van der Waals surface area contributed by atoms with Crippen LogP contribution in [-0.2, 0) is 6.42 Å². The molecule has 16 heavy (non-hydrogen) atoms. The van der Waals surface area contributed by atoms with Crippen molar-refractivity contribution >= 4 is 11.6 Å². The highest BCUT2D eigenvalue weighted by atomic mass is 35.5. The van der Waals surface area contributed by atoms with Gasteiger partial charge in [0.05, 0.1) is 6.10 Å². The largest absolute Gasteiger partial charge is 0.392 e. The van der Waals surface area contributed by atoms with Crippen LogP contribution >= 0.6 is 11.6 Å². The Kier molecular flexibility index (Phi) is 4.22. The minimum Gasteiger partial charge on any atom is -0.392 e. The highest BCUT2D eigenvalue weighted by molar-refractivity contribution is 6.30. The normalized spacial score (nSPS) is 19.6. The summed E-state index contributed by atoms with van der Waals surface area (Å²) in [5, 5.41) is 14.2. The molecule has 1 aromatic rings. The molecule has 3 heteroatoms. The molecule has 1 atom stereocenters. The molecule has 2 N–H and O–H groups in total. The van der Waals surface area contributed by atoms with Gasteiger partial charge in [-0.1, -0.05) is 23.7 Å². The first-order valence-corrected chi connectivity index (χ1v) is 6.27. The summed E-state index contributed by atoms with van der Waals surface area (Å²) in [5.41, 5.74) is 1.16. The number of aliphatic hydroxyl groups is 1. The Balaban J connectivity index is 1.90. The fourth-order valence-corrected chi connectivity index (χ4v) is 2.38. The minimum absolute atomic E-state index is 0.219. The fraction of sp³-hybridized carbons (Fsp3) is 0.538. The molecular formula is C13H18ClNO. The van der Waals surface area contributed by atoms with E-state index in [9.17, 15) is 5.11 Å². The number of aliphatic hydroxyl groups excluding tert-OH is 1. The molecule has 1 aliphatic rings. The first-order chi connectivity index (χ1) is 7.75. The van der Waals surface area contributed by atoms with E-state index in [1.54, 1.807) is 0 Å². The van der Waals surface area contributed by atoms with E-state index in [2.05, 4.69) is 5.32 Å². The number of piperidine rings is 1. The summed E-state index contributed by atoms with van der Waals surface area (Å²) >= 11 is 5.83. The van der Waals surface area contributed by atoms with Crippen molar-refractivity contribution in [3.8, 4) is 0 Å². The first kappa shape index (κ1) is 11.9. The molecule has 0 spiro atoms. The summed E-state index contributed by atoms with van der Waals surface area (Å²) in [7, 11) is 0. The zero-order chi connectivity index (χ0) is 11.4. The third-order valence-corrected chi connectivity index (χ3v) is 3.54. The van der Waals surface area contributed by atoms with Gasteiger partial charge in [0.25, 0.3) is 0 Å². The summed E-state index contributed by atoms with van der Waals surface area (Å²) in [6, 6.07) is 7.75. The van der Waals surface area contributed by atoms with Crippen molar-refractivity contribution in [1.29, 1.82) is 0 Å². The molecule has 2 nitrogen and oxygen atoms in total. The minimum atomic E-state index is -0.219. The molecule has 0 unspecified atom stereocenters. The van der Waals surface area contributed by atoms with Crippen LogP contribution < -0.4 is 5.32 Å². The van der Waals surface area contributed by atoms with Crippen LogP contribution in [0.3, 0.4) is 0 Å². The van der Waals surface area contributed by atoms with Crippen molar-refractivity contribution in [3.05, 3.63) is 34.9 Å². The Morgan fingerprint density at radius 3 is 2.50 bits per heavy atom. The summed E-state index contributed by atoms with van der Waals surface area (Å²) in [5.74, 6) is 0.442. The number of benzene rings is 1. The molecule has 1 aliphatic heterocycles. The van der Waals surface area contributed by atoms with Crippen LogP contribution in [0.4, 0.5) is 0 Å². The Hall–Kier alpha value is -0.570. The van der Waals surface area contributed by atoms with Gasteiger partial charge < -0.3 is 10.4 Å². The standard InChI is InChI=1S/C13H18ClNO/c14-12-3-1-10(2-4-12)9-13(16)11-5-7-15-8-6-11/h1-4,11,13,15-16H,5-9H2/t13-/m1/s1. The van der Waals surface area contributed by atoms with Gasteiger partial charge in [-0.05, 0) is 56.0 Å². The van der Waals surface area contributed by atoms with E-state index in [1.807, 2.05) is 24.3 Å². The predicted octanol–water partition coefficient (Wildman–Crippen LogP) is 2.24. The lowest BCUT2D eigenvalue weighted by atomic mass is 9.89. The Bertz CT molecular complexity index is 319. The molecule has 0 bridgehead atoms. The highest BCUT2D eigenvalue weighted by Crippen LogP contribution is 2.20. The van der Waals surface area contributed by atoms with Crippen LogP contribution in [0, 0.1) is 5.92 Å². The second-order valence-electron chi connectivity index (χ2n) is 4.49. The van der Waals surface area contributed by atoms with Crippen LogP contribution in [0.15, 0.2) is 24.3 Å². The number of hydrogen-bond donors (Lipinski definition) is 2. The topological polar surface area (TPSA) is 32.3 Å². The average molecular weight is 240 g/mol. The summed E-state index contributed by atoms with van der Waals surface area (Å²) in [6.45, 7) is 2.06. The van der Waals surface area contributed by atoms with Crippen molar-refractivity contribution in [3.63, 3.8) is 0 Å². The Labute approximate surface area is 102 Å². The van der Waals surface area contributed by atoms with Crippen molar-refractivity contribution in [2.75, 3.05) is 13.1 Å². The maximum Gasteiger partial charge on any atom is 0.0609 e. The van der Waals surface area contributed by atoms with E-state index >= 15 is 0 Å². The molecule has 1 saturated heterocycles. The lowest BCUT2D eigenvalue weighted by Crippen LogP contribution is -2.34. The second-order valence-corrected chi connectivity index (χ2v) is 4.92. The molecule has 0 saturated carbocycles. The van der Waals surface area contributed by atoms with Gasteiger partial charge in [0, 0.05) is 5.02 Å². The molecular weight excluding hydrogens is 222 g/mol. The van der Waals surface area contributed by atoms with E-state index < -0.39 is 0 Å². The number of rotatable bonds is 3. The van der Waals surface area contributed by atoms with E-state index in [4.69, 9.17) is 11.6 Å². The summed E-state index contributed by atoms with van der Waals surface area (Å²) in [4.78, 5) is 0. The molecule has 1 aromatic carbocycles. The molecule has 0 aromatic heterocycles. The van der Waals surface area contributed by atoms with Crippen molar-refractivity contribution in [1.82, 2.24) is 5.32 Å². The van der Waals surface area contributed by atoms with Gasteiger partial charge in [0.2, 0.25) is 0 Å². The molecule has 88 valence electrons. The van der Waals surface area contributed by atoms with Gasteiger partial charge in [-0.2, -0.15) is 0 Å². The maximum atomic E-state index is 10.1. The molecule has 1 heterocycles. The van der Waals surface area contributed by atoms with Gasteiger partial charge in [-0.15, -0.1) is 0 Å². The van der Waals surface area contributed by atoms with Gasteiger partial charge in [0.1, 0.15) is 0 Å².